The Balaban J connectivity index is 0.000000366. The number of piperazine rings is 1. The van der Waals surface area contributed by atoms with Gasteiger partial charge in [0.05, 0.1) is 7.11 Å². The lowest BCUT2D eigenvalue weighted by molar-refractivity contribution is -0.134. The van der Waals surface area contributed by atoms with Crippen molar-refractivity contribution < 1.29 is 9.53 Å². The minimum absolute atomic E-state index is 0.293. The minimum Gasteiger partial charge on any atom is -0.466 e. The molecule has 1 fully saturated rings. The molecule has 0 aromatic carbocycles. The number of carbonyl (C=O) groups excluding carboxylic acids is 1. The topological polar surface area (TPSA) is 41.6 Å². The Labute approximate surface area is 105 Å². The van der Waals surface area contributed by atoms with Gasteiger partial charge in [-0.3, -0.25) is 4.90 Å². The van der Waals surface area contributed by atoms with E-state index in [4.69, 9.17) is 0 Å². The maximum Gasteiger partial charge on any atom is 0.329 e. The second-order valence-electron chi connectivity index (χ2n) is 5.51. The summed E-state index contributed by atoms with van der Waals surface area (Å²) >= 11 is 0. The van der Waals surface area contributed by atoms with Crippen molar-refractivity contribution in [1.82, 2.24) is 10.2 Å². The highest BCUT2D eigenvalue weighted by Gasteiger charge is 2.38. The molecule has 0 saturated carbocycles. The lowest BCUT2D eigenvalue weighted by atomic mass is 9.90. The third-order valence-corrected chi connectivity index (χ3v) is 3.30. The first kappa shape index (κ1) is 16.1. The molecule has 0 aromatic heterocycles. The Morgan fingerprint density at radius 3 is 1.88 bits per heavy atom. The Morgan fingerprint density at radius 2 is 1.71 bits per heavy atom. The molecule has 0 unspecified atom stereocenters. The zero-order chi connectivity index (χ0) is 13.7. The number of methoxy groups -OCH3 is 1. The van der Waals surface area contributed by atoms with Crippen molar-refractivity contribution in [3.8, 4) is 0 Å². The van der Waals surface area contributed by atoms with Gasteiger partial charge in [-0.2, -0.15) is 0 Å². The average Bonchev–Trinajstić information content (AvgIpc) is 2.25. The van der Waals surface area contributed by atoms with Crippen LogP contribution < -0.4 is 5.32 Å². The van der Waals surface area contributed by atoms with Gasteiger partial charge in [-0.15, -0.1) is 0 Å². The summed E-state index contributed by atoms with van der Waals surface area (Å²) < 4.78 is 4.14. The molecular formula is C13H26N2O2. The number of rotatable bonds is 1. The maximum atomic E-state index is 9.84. The van der Waals surface area contributed by atoms with Crippen LogP contribution in [0.3, 0.4) is 0 Å². The van der Waals surface area contributed by atoms with Crippen LogP contribution in [-0.4, -0.2) is 49.2 Å². The fraction of sp³-hybridized carbons (Fsp3) is 0.769. The fourth-order valence-electron chi connectivity index (χ4n) is 1.81. The number of hydrogen-bond donors (Lipinski definition) is 1. The minimum atomic E-state index is -0.394. The van der Waals surface area contributed by atoms with E-state index >= 15 is 0 Å². The van der Waals surface area contributed by atoms with Crippen molar-refractivity contribution >= 4 is 5.97 Å². The number of esters is 1. The number of hydrogen-bond acceptors (Lipinski definition) is 4. The molecule has 1 heterocycles. The average molecular weight is 242 g/mol. The highest BCUT2D eigenvalue weighted by molar-refractivity contribution is 5.80. The predicted molar refractivity (Wildman–Crippen MR) is 71.0 cm³/mol. The fourth-order valence-corrected chi connectivity index (χ4v) is 1.81. The van der Waals surface area contributed by atoms with Gasteiger partial charge in [-0.1, -0.05) is 6.58 Å². The molecule has 1 saturated heterocycles. The molecule has 0 spiro atoms. The molecule has 0 atom stereocenters. The lowest BCUT2D eigenvalue weighted by Gasteiger charge is -2.51. The molecule has 1 aliphatic rings. The third-order valence-electron chi connectivity index (χ3n) is 3.30. The van der Waals surface area contributed by atoms with Gasteiger partial charge in [-0.05, 0) is 34.7 Å². The molecule has 1 N–H and O–H groups in total. The van der Waals surface area contributed by atoms with Gasteiger partial charge in [0.1, 0.15) is 0 Å². The molecule has 0 radical (unpaired) electrons. The van der Waals surface area contributed by atoms with E-state index in [1.807, 2.05) is 0 Å². The van der Waals surface area contributed by atoms with Crippen molar-refractivity contribution in [2.75, 3.05) is 27.2 Å². The molecule has 1 rings (SSSR count). The van der Waals surface area contributed by atoms with Crippen LogP contribution in [-0.2, 0) is 9.53 Å². The van der Waals surface area contributed by atoms with Gasteiger partial charge in [0.2, 0.25) is 0 Å². The highest BCUT2D eigenvalue weighted by atomic mass is 16.5. The summed E-state index contributed by atoms with van der Waals surface area (Å²) in [6, 6.07) is 0. The number of carbonyl (C=O) groups is 1. The highest BCUT2D eigenvalue weighted by Crippen LogP contribution is 2.25. The zero-order valence-electron chi connectivity index (χ0n) is 12.0. The maximum absolute atomic E-state index is 9.84. The van der Waals surface area contributed by atoms with E-state index in [1.165, 1.54) is 7.11 Å². The first-order valence-corrected chi connectivity index (χ1v) is 5.82. The summed E-state index contributed by atoms with van der Waals surface area (Å²) in [7, 11) is 3.52. The van der Waals surface area contributed by atoms with Gasteiger partial charge in [-0.25, -0.2) is 4.79 Å². The zero-order valence-corrected chi connectivity index (χ0v) is 12.0. The summed E-state index contributed by atoms with van der Waals surface area (Å²) in [5, 5.41) is 3.45. The molecule has 0 bridgehead atoms. The van der Waals surface area contributed by atoms with Gasteiger partial charge in [0.25, 0.3) is 0 Å². The SMILES string of the molecule is C=CC(=O)OC.CN1C(C)(C)CNCC1(C)C. The number of likely N-dealkylation sites (N-methyl/N-ethyl adjacent to an activating group) is 1. The second kappa shape index (κ2) is 6.17. The van der Waals surface area contributed by atoms with E-state index in [0.717, 1.165) is 19.2 Å². The Bertz CT molecular complexity index is 257. The monoisotopic (exact) mass is 242 g/mol. The summed E-state index contributed by atoms with van der Waals surface area (Å²) in [6.45, 7) is 14.5. The Hall–Kier alpha value is -0.870. The number of ether oxygens (including phenoxy) is 1. The molecule has 4 nitrogen and oxygen atoms in total. The largest absolute Gasteiger partial charge is 0.466 e. The Kier molecular flexibility index (Phi) is 5.85. The van der Waals surface area contributed by atoms with E-state index in [1.54, 1.807) is 0 Å². The molecule has 17 heavy (non-hydrogen) atoms. The van der Waals surface area contributed by atoms with Crippen molar-refractivity contribution in [3.63, 3.8) is 0 Å². The van der Waals surface area contributed by atoms with Crippen LogP contribution in [0.25, 0.3) is 0 Å². The van der Waals surface area contributed by atoms with Gasteiger partial charge in [0, 0.05) is 30.2 Å². The van der Waals surface area contributed by atoms with E-state index in [2.05, 4.69) is 56.3 Å². The molecule has 100 valence electrons. The van der Waals surface area contributed by atoms with E-state index in [0.29, 0.717) is 11.1 Å². The first-order chi connectivity index (χ1) is 7.67. The van der Waals surface area contributed by atoms with Crippen LogP contribution in [0.1, 0.15) is 27.7 Å². The van der Waals surface area contributed by atoms with Crippen LogP contribution in [0.15, 0.2) is 12.7 Å². The second-order valence-corrected chi connectivity index (χ2v) is 5.51. The van der Waals surface area contributed by atoms with Crippen LogP contribution in [0.4, 0.5) is 0 Å². The summed E-state index contributed by atoms with van der Waals surface area (Å²) in [5.41, 5.74) is 0.587. The van der Waals surface area contributed by atoms with E-state index in [-0.39, 0.29) is 0 Å². The molecule has 1 aliphatic heterocycles. The van der Waals surface area contributed by atoms with Crippen molar-refractivity contribution in [1.29, 1.82) is 0 Å². The van der Waals surface area contributed by atoms with E-state index in [9.17, 15) is 4.79 Å². The smallest absolute Gasteiger partial charge is 0.329 e. The van der Waals surface area contributed by atoms with Crippen LogP contribution in [0.2, 0.25) is 0 Å². The summed E-state index contributed by atoms with van der Waals surface area (Å²) in [5.74, 6) is -0.394. The normalized spacial score (nSPS) is 22.0. The third kappa shape index (κ3) is 4.88. The van der Waals surface area contributed by atoms with Gasteiger partial charge in [0.15, 0.2) is 0 Å². The van der Waals surface area contributed by atoms with Crippen LogP contribution in [0.5, 0.6) is 0 Å². The summed E-state index contributed by atoms with van der Waals surface area (Å²) in [4.78, 5) is 12.3. The van der Waals surface area contributed by atoms with Crippen LogP contribution in [0, 0.1) is 0 Å². The molecule has 4 heteroatoms. The molecule has 0 aromatic rings. The number of nitrogens with one attached hydrogen (secondary N) is 1. The van der Waals surface area contributed by atoms with Gasteiger partial charge < -0.3 is 10.1 Å². The quantitative estimate of drug-likeness (QED) is 0.558. The van der Waals surface area contributed by atoms with Gasteiger partial charge >= 0.3 is 5.97 Å². The Morgan fingerprint density at radius 1 is 1.29 bits per heavy atom. The standard InChI is InChI=1S/C9H20N2.C4H6O2/c1-8(2)6-10-7-9(3,4)11(8)5;1-3-4(5)6-2/h10H,6-7H2,1-5H3;3H,1H2,2H3. The molecule has 0 amide bonds. The summed E-state index contributed by atoms with van der Waals surface area (Å²) in [6.07, 6.45) is 1.11. The van der Waals surface area contributed by atoms with Crippen molar-refractivity contribution in [3.05, 3.63) is 12.7 Å². The molecular weight excluding hydrogens is 216 g/mol. The van der Waals surface area contributed by atoms with Crippen molar-refractivity contribution in [2.45, 2.75) is 38.8 Å². The predicted octanol–water partition coefficient (Wildman–Crippen LogP) is 1.42. The number of nitrogens with zero attached hydrogens (tertiary/aromatic N) is 1. The lowest BCUT2D eigenvalue weighted by Crippen LogP contribution is -2.66. The van der Waals surface area contributed by atoms with Crippen molar-refractivity contribution in [2.24, 2.45) is 0 Å². The molecule has 0 aliphatic carbocycles. The van der Waals surface area contributed by atoms with E-state index < -0.39 is 5.97 Å². The first-order valence-electron chi connectivity index (χ1n) is 5.82. The van der Waals surface area contributed by atoms with Crippen LogP contribution >= 0.6 is 0 Å².